The van der Waals surface area contributed by atoms with Gasteiger partial charge in [0.25, 0.3) is 0 Å². The van der Waals surface area contributed by atoms with Gasteiger partial charge in [-0.25, -0.2) is 0 Å². The van der Waals surface area contributed by atoms with Crippen LogP contribution in [0.25, 0.3) is 0 Å². The average Bonchev–Trinajstić information content (AvgIpc) is 2.01. The highest BCUT2D eigenvalue weighted by atomic mass is 28.1. The van der Waals surface area contributed by atoms with Crippen LogP contribution in [0.15, 0.2) is 0 Å². The number of rotatable bonds is 4. The van der Waals surface area contributed by atoms with Gasteiger partial charge in [0.2, 0.25) is 0 Å². The Morgan fingerprint density at radius 1 is 1.30 bits per heavy atom. The summed E-state index contributed by atoms with van der Waals surface area (Å²) in [7, 11) is 1.24. The largest absolute Gasteiger partial charge is 0.327 e. The van der Waals surface area contributed by atoms with Gasteiger partial charge in [0.05, 0.1) is 0 Å². The van der Waals surface area contributed by atoms with Gasteiger partial charge >= 0.3 is 0 Å². The third kappa shape index (κ3) is 2.10. The quantitative estimate of drug-likeness (QED) is 0.610. The van der Waals surface area contributed by atoms with Crippen molar-refractivity contribution in [1.82, 2.24) is 0 Å². The zero-order valence-electron chi connectivity index (χ0n) is 7.78. The van der Waals surface area contributed by atoms with Gasteiger partial charge in [0, 0.05) is 16.3 Å². The standard InChI is InChI=1S/C8H21NSi/c1-4-7(9)8(10,5-2)6-3/h7H,4-6,9H2,1-3,10H3. The van der Waals surface area contributed by atoms with E-state index in [-0.39, 0.29) is 0 Å². The molecule has 0 saturated carbocycles. The van der Waals surface area contributed by atoms with E-state index in [4.69, 9.17) is 5.73 Å². The van der Waals surface area contributed by atoms with Crippen LogP contribution < -0.4 is 5.73 Å². The minimum atomic E-state index is 0.439. The molecule has 0 bridgehead atoms. The molecular weight excluding hydrogens is 138 g/mol. The van der Waals surface area contributed by atoms with E-state index in [1.165, 1.54) is 23.1 Å². The summed E-state index contributed by atoms with van der Waals surface area (Å²) in [5, 5.41) is 0.509. The molecule has 1 unspecified atom stereocenters. The van der Waals surface area contributed by atoms with E-state index in [2.05, 4.69) is 20.8 Å². The fraction of sp³-hybridized carbons (Fsp3) is 1.00. The lowest BCUT2D eigenvalue weighted by molar-refractivity contribution is 0.410. The minimum absolute atomic E-state index is 0.439. The van der Waals surface area contributed by atoms with Crippen LogP contribution in [0.1, 0.15) is 40.0 Å². The molecule has 1 atom stereocenters. The van der Waals surface area contributed by atoms with E-state index in [1.54, 1.807) is 0 Å². The van der Waals surface area contributed by atoms with Crippen LogP contribution in [-0.2, 0) is 0 Å². The molecule has 0 rings (SSSR count). The summed E-state index contributed by atoms with van der Waals surface area (Å²) >= 11 is 0. The first-order valence-corrected chi connectivity index (χ1v) is 5.36. The maximum absolute atomic E-state index is 6.01. The fourth-order valence-electron chi connectivity index (χ4n) is 1.27. The summed E-state index contributed by atoms with van der Waals surface area (Å²) in [5.74, 6) is 0. The molecule has 2 heteroatoms. The zero-order valence-corrected chi connectivity index (χ0v) is 9.78. The Morgan fingerprint density at radius 3 is 1.80 bits per heavy atom. The van der Waals surface area contributed by atoms with E-state index in [1.807, 2.05) is 0 Å². The van der Waals surface area contributed by atoms with Gasteiger partial charge in [-0.3, -0.25) is 0 Å². The fourth-order valence-corrected chi connectivity index (χ4v) is 1.68. The summed E-state index contributed by atoms with van der Waals surface area (Å²) in [6, 6.07) is 0.439. The Hall–Kier alpha value is 0.177. The highest BCUT2D eigenvalue weighted by Crippen LogP contribution is 2.34. The van der Waals surface area contributed by atoms with Crippen molar-refractivity contribution in [3.05, 3.63) is 0 Å². The summed E-state index contributed by atoms with van der Waals surface area (Å²) in [5.41, 5.74) is 6.01. The van der Waals surface area contributed by atoms with Crippen LogP contribution in [0, 0.1) is 0 Å². The van der Waals surface area contributed by atoms with Gasteiger partial charge in [-0.15, -0.1) is 0 Å². The van der Waals surface area contributed by atoms with Crippen LogP contribution in [0.5, 0.6) is 0 Å². The molecule has 0 aliphatic rings. The molecule has 0 saturated heterocycles. The third-order valence-corrected chi connectivity index (χ3v) is 5.11. The molecule has 0 heterocycles. The number of nitrogens with two attached hydrogens (primary N) is 1. The molecular formula is C8H21NSi. The molecule has 0 aromatic carbocycles. The molecule has 1 nitrogen and oxygen atoms in total. The molecule has 0 aliphatic heterocycles. The molecule has 0 aromatic heterocycles. The normalized spacial score (nSPS) is 15.6. The van der Waals surface area contributed by atoms with Crippen LogP contribution in [0.2, 0.25) is 5.04 Å². The minimum Gasteiger partial charge on any atom is -0.327 e. The van der Waals surface area contributed by atoms with Gasteiger partial charge in [-0.05, 0) is 11.5 Å². The van der Waals surface area contributed by atoms with E-state index < -0.39 is 0 Å². The molecule has 0 fully saturated rings. The molecule has 0 amide bonds. The Balaban J connectivity index is 4.02. The highest BCUT2D eigenvalue weighted by molar-refractivity contribution is 6.15. The van der Waals surface area contributed by atoms with Crippen LogP contribution >= 0.6 is 0 Å². The molecule has 62 valence electrons. The lowest BCUT2D eigenvalue weighted by Crippen LogP contribution is -2.35. The van der Waals surface area contributed by atoms with E-state index in [0.29, 0.717) is 11.1 Å². The summed E-state index contributed by atoms with van der Waals surface area (Å²) in [6.07, 6.45) is 3.64. The van der Waals surface area contributed by atoms with Gasteiger partial charge in [-0.1, -0.05) is 33.6 Å². The van der Waals surface area contributed by atoms with Crippen LogP contribution in [0.3, 0.4) is 0 Å². The maximum atomic E-state index is 6.01. The molecule has 10 heavy (non-hydrogen) atoms. The SMILES string of the molecule is CCC(N)C([SiH3])(CC)CC. The van der Waals surface area contributed by atoms with Gasteiger partial charge in [0.15, 0.2) is 0 Å². The maximum Gasteiger partial charge on any atom is 0.0126 e. The third-order valence-electron chi connectivity index (χ3n) is 2.95. The monoisotopic (exact) mass is 159 g/mol. The molecule has 2 N–H and O–H groups in total. The number of hydrogen-bond acceptors (Lipinski definition) is 1. The van der Waals surface area contributed by atoms with Crippen molar-refractivity contribution in [1.29, 1.82) is 0 Å². The highest BCUT2D eigenvalue weighted by Gasteiger charge is 2.25. The summed E-state index contributed by atoms with van der Waals surface area (Å²) < 4.78 is 0. The van der Waals surface area contributed by atoms with Crippen LogP contribution in [0.4, 0.5) is 0 Å². The Bertz CT molecular complexity index is 89.3. The topological polar surface area (TPSA) is 26.0 Å². The van der Waals surface area contributed by atoms with Gasteiger partial charge in [-0.2, -0.15) is 0 Å². The average molecular weight is 159 g/mol. The first kappa shape index (κ1) is 10.2. The van der Waals surface area contributed by atoms with Crippen molar-refractivity contribution in [3.8, 4) is 0 Å². The smallest absolute Gasteiger partial charge is 0.0126 e. The predicted molar refractivity (Wildman–Crippen MR) is 51.5 cm³/mol. The molecule has 0 radical (unpaired) electrons. The van der Waals surface area contributed by atoms with E-state index in [9.17, 15) is 0 Å². The second-order valence-corrected chi connectivity index (χ2v) is 5.37. The molecule has 0 aromatic rings. The zero-order chi connectivity index (χ0) is 8.20. The van der Waals surface area contributed by atoms with Crippen molar-refractivity contribution in [2.24, 2.45) is 5.73 Å². The van der Waals surface area contributed by atoms with E-state index in [0.717, 1.165) is 6.42 Å². The second kappa shape index (κ2) is 4.14. The Kier molecular flexibility index (Phi) is 4.21. The van der Waals surface area contributed by atoms with Crippen LogP contribution in [-0.4, -0.2) is 16.3 Å². The Morgan fingerprint density at radius 2 is 1.70 bits per heavy atom. The van der Waals surface area contributed by atoms with Crippen molar-refractivity contribution in [3.63, 3.8) is 0 Å². The predicted octanol–water partition coefficient (Wildman–Crippen LogP) is 1.07. The van der Waals surface area contributed by atoms with Crippen molar-refractivity contribution in [2.45, 2.75) is 51.1 Å². The molecule has 0 aliphatic carbocycles. The van der Waals surface area contributed by atoms with Crippen molar-refractivity contribution < 1.29 is 0 Å². The van der Waals surface area contributed by atoms with Gasteiger partial charge < -0.3 is 5.73 Å². The first-order valence-electron chi connectivity index (χ1n) is 4.36. The second-order valence-electron chi connectivity index (χ2n) is 3.38. The van der Waals surface area contributed by atoms with E-state index >= 15 is 0 Å². The Labute approximate surface area is 67.8 Å². The van der Waals surface area contributed by atoms with Gasteiger partial charge in [0.1, 0.15) is 0 Å². The summed E-state index contributed by atoms with van der Waals surface area (Å²) in [4.78, 5) is 0. The molecule has 0 spiro atoms. The summed E-state index contributed by atoms with van der Waals surface area (Å²) in [6.45, 7) is 6.70. The van der Waals surface area contributed by atoms with Crippen molar-refractivity contribution in [2.75, 3.05) is 0 Å². The first-order chi connectivity index (χ1) is 4.60. The number of hydrogen-bond donors (Lipinski definition) is 1. The lowest BCUT2D eigenvalue weighted by Gasteiger charge is -2.32. The van der Waals surface area contributed by atoms with Crippen molar-refractivity contribution >= 4 is 10.2 Å². The lowest BCUT2D eigenvalue weighted by atomic mass is 9.91.